The van der Waals surface area contributed by atoms with Crippen LogP contribution in [0.5, 0.6) is 5.75 Å². The van der Waals surface area contributed by atoms with E-state index in [1.807, 2.05) is 49.6 Å². The number of carbonyl (C=O) groups excluding carboxylic acids is 2. The van der Waals surface area contributed by atoms with Crippen molar-refractivity contribution in [3.63, 3.8) is 0 Å². The number of aryl methyl sites for hydroxylation is 2. The van der Waals surface area contributed by atoms with E-state index in [2.05, 4.69) is 27.3 Å². The van der Waals surface area contributed by atoms with Crippen LogP contribution in [0.1, 0.15) is 34.0 Å². The van der Waals surface area contributed by atoms with Crippen molar-refractivity contribution in [1.82, 2.24) is 0 Å². The van der Waals surface area contributed by atoms with E-state index in [0.717, 1.165) is 32.3 Å². The molecule has 0 saturated heterocycles. The molecule has 1 heterocycles. The highest BCUT2D eigenvalue weighted by Crippen LogP contribution is 2.38. The molecular formula is C25H24BrNO4S. The molecule has 0 bridgehead atoms. The molecule has 3 aromatic rings. The summed E-state index contributed by atoms with van der Waals surface area (Å²) in [6.45, 7) is 6.03. The maximum atomic E-state index is 12.8. The number of rotatable bonds is 7. The van der Waals surface area contributed by atoms with Gasteiger partial charge in [0, 0.05) is 27.1 Å². The molecule has 1 amide bonds. The van der Waals surface area contributed by atoms with Crippen LogP contribution < -0.4 is 10.1 Å². The Morgan fingerprint density at radius 2 is 1.91 bits per heavy atom. The molecule has 0 aliphatic carbocycles. The normalized spacial score (nSPS) is 10.9. The van der Waals surface area contributed by atoms with Crippen molar-refractivity contribution in [1.29, 1.82) is 0 Å². The molecule has 7 heteroatoms. The molecule has 3 rings (SSSR count). The van der Waals surface area contributed by atoms with Gasteiger partial charge in [0.05, 0.1) is 13.7 Å². The van der Waals surface area contributed by atoms with Gasteiger partial charge in [0.15, 0.2) is 0 Å². The Labute approximate surface area is 200 Å². The summed E-state index contributed by atoms with van der Waals surface area (Å²) in [6, 6.07) is 11.6. The van der Waals surface area contributed by atoms with Crippen molar-refractivity contribution in [3.05, 3.63) is 74.6 Å². The number of ether oxygens (including phenoxy) is 2. The molecule has 0 aliphatic rings. The number of hydrogen-bond acceptors (Lipinski definition) is 5. The Bertz CT molecular complexity index is 1180. The number of methoxy groups -OCH3 is 1. The summed E-state index contributed by atoms with van der Waals surface area (Å²) in [5.41, 5.74) is 4.99. The first-order valence-electron chi connectivity index (χ1n) is 10.0. The van der Waals surface area contributed by atoms with Gasteiger partial charge in [-0.25, -0.2) is 4.79 Å². The van der Waals surface area contributed by atoms with Gasteiger partial charge in [-0.05, 0) is 56.2 Å². The van der Waals surface area contributed by atoms with Gasteiger partial charge >= 0.3 is 5.97 Å². The zero-order valence-electron chi connectivity index (χ0n) is 18.3. The third-order valence-electron chi connectivity index (χ3n) is 4.79. The fourth-order valence-corrected chi connectivity index (χ4v) is 4.65. The highest BCUT2D eigenvalue weighted by atomic mass is 79.9. The smallest absolute Gasteiger partial charge is 0.341 e. The Hall–Kier alpha value is -2.90. The van der Waals surface area contributed by atoms with Gasteiger partial charge in [0.2, 0.25) is 5.91 Å². The predicted molar refractivity (Wildman–Crippen MR) is 134 cm³/mol. The van der Waals surface area contributed by atoms with Crippen LogP contribution in [-0.2, 0) is 9.53 Å². The van der Waals surface area contributed by atoms with E-state index >= 15 is 0 Å². The van der Waals surface area contributed by atoms with Crippen LogP contribution in [0.3, 0.4) is 0 Å². The number of anilines is 1. The third-order valence-corrected chi connectivity index (χ3v) is 6.17. The second-order valence-corrected chi connectivity index (χ2v) is 8.90. The summed E-state index contributed by atoms with van der Waals surface area (Å²) >= 11 is 4.72. The molecule has 0 aliphatic heterocycles. The number of hydrogen-bond donors (Lipinski definition) is 1. The molecule has 32 heavy (non-hydrogen) atoms. The molecule has 0 fully saturated rings. The number of thiophene rings is 1. The van der Waals surface area contributed by atoms with Gasteiger partial charge in [0.25, 0.3) is 0 Å². The van der Waals surface area contributed by atoms with Crippen LogP contribution in [-0.4, -0.2) is 25.6 Å². The first kappa shape index (κ1) is 23.8. The van der Waals surface area contributed by atoms with E-state index in [1.165, 1.54) is 17.4 Å². The lowest BCUT2D eigenvalue weighted by Gasteiger charge is -2.10. The predicted octanol–water partition coefficient (Wildman–Crippen LogP) is 6.63. The lowest BCUT2D eigenvalue weighted by atomic mass is 9.97. The highest BCUT2D eigenvalue weighted by molar-refractivity contribution is 9.10. The number of carbonyl (C=O) groups is 2. The standard InChI is InChI=1S/C25H24BrNO4S/c1-5-31-25(29)23-20(19-9-6-15(2)12-16(19)3)14-32-24(23)27-22(28)11-7-17-13-18(26)8-10-21(17)30-4/h6-14H,5H2,1-4H3,(H,27,28)/b11-7+. The van der Waals surface area contributed by atoms with Crippen molar-refractivity contribution >= 4 is 50.2 Å². The monoisotopic (exact) mass is 513 g/mol. The van der Waals surface area contributed by atoms with E-state index < -0.39 is 5.97 Å². The molecule has 0 unspecified atom stereocenters. The molecule has 0 spiro atoms. The molecule has 166 valence electrons. The van der Waals surface area contributed by atoms with Crippen molar-refractivity contribution in [3.8, 4) is 16.9 Å². The Morgan fingerprint density at radius 1 is 1.12 bits per heavy atom. The van der Waals surface area contributed by atoms with E-state index in [0.29, 0.717) is 16.3 Å². The minimum Gasteiger partial charge on any atom is -0.496 e. The van der Waals surface area contributed by atoms with Crippen LogP contribution in [0.25, 0.3) is 17.2 Å². The molecule has 2 aromatic carbocycles. The van der Waals surface area contributed by atoms with Crippen molar-refractivity contribution in [2.45, 2.75) is 20.8 Å². The van der Waals surface area contributed by atoms with Gasteiger partial charge in [-0.1, -0.05) is 39.7 Å². The van der Waals surface area contributed by atoms with Crippen LogP contribution >= 0.6 is 27.3 Å². The molecule has 0 radical (unpaired) electrons. The summed E-state index contributed by atoms with van der Waals surface area (Å²) in [5, 5.41) is 5.16. The average Bonchev–Trinajstić information content (AvgIpc) is 3.15. The SMILES string of the molecule is CCOC(=O)c1c(-c2ccc(C)cc2C)csc1NC(=O)/C=C/c1cc(Br)ccc1OC. The third kappa shape index (κ3) is 5.47. The van der Waals surface area contributed by atoms with Crippen LogP contribution in [0.15, 0.2) is 52.3 Å². The van der Waals surface area contributed by atoms with E-state index in [4.69, 9.17) is 9.47 Å². The van der Waals surface area contributed by atoms with Gasteiger partial charge in [-0.3, -0.25) is 4.79 Å². The van der Waals surface area contributed by atoms with Crippen molar-refractivity contribution < 1.29 is 19.1 Å². The Balaban J connectivity index is 1.92. The topological polar surface area (TPSA) is 64.6 Å². The largest absolute Gasteiger partial charge is 0.496 e. The summed E-state index contributed by atoms with van der Waals surface area (Å²) in [5.74, 6) is -0.166. The molecule has 1 N–H and O–H groups in total. The quantitative estimate of drug-likeness (QED) is 0.284. The first-order chi connectivity index (χ1) is 15.3. The number of benzene rings is 2. The van der Waals surface area contributed by atoms with Crippen LogP contribution in [0, 0.1) is 13.8 Å². The molecule has 5 nitrogen and oxygen atoms in total. The molecule has 0 atom stereocenters. The summed E-state index contributed by atoms with van der Waals surface area (Å²) in [6.07, 6.45) is 3.08. The van der Waals surface area contributed by atoms with E-state index in [-0.39, 0.29) is 12.5 Å². The number of nitrogens with one attached hydrogen (secondary N) is 1. The second-order valence-electron chi connectivity index (χ2n) is 7.10. The van der Waals surface area contributed by atoms with Gasteiger partial charge in [-0.15, -0.1) is 11.3 Å². The summed E-state index contributed by atoms with van der Waals surface area (Å²) in [7, 11) is 1.58. The van der Waals surface area contributed by atoms with Gasteiger partial charge < -0.3 is 14.8 Å². The number of amides is 1. The van der Waals surface area contributed by atoms with Gasteiger partial charge in [-0.2, -0.15) is 0 Å². The lowest BCUT2D eigenvalue weighted by molar-refractivity contribution is -0.111. The fraction of sp³-hybridized carbons (Fsp3) is 0.200. The Morgan fingerprint density at radius 3 is 2.59 bits per heavy atom. The number of halogens is 1. The Kier molecular flexibility index (Phi) is 7.88. The summed E-state index contributed by atoms with van der Waals surface area (Å²) in [4.78, 5) is 25.4. The van der Waals surface area contributed by atoms with Crippen LogP contribution in [0.4, 0.5) is 5.00 Å². The van der Waals surface area contributed by atoms with Crippen LogP contribution in [0.2, 0.25) is 0 Å². The lowest BCUT2D eigenvalue weighted by Crippen LogP contribution is -2.12. The molecule has 1 aromatic heterocycles. The molecule has 0 saturated carbocycles. The molecular weight excluding hydrogens is 490 g/mol. The maximum absolute atomic E-state index is 12.8. The second kappa shape index (κ2) is 10.6. The summed E-state index contributed by atoms with van der Waals surface area (Å²) < 4.78 is 11.5. The highest BCUT2D eigenvalue weighted by Gasteiger charge is 2.23. The maximum Gasteiger partial charge on any atom is 0.341 e. The van der Waals surface area contributed by atoms with Gasteiger partial charge in [0.1, 0.15) is 16.3 Å². The van der Waals surface area contributed by atoms with E-state index in [1.54, 1.807) is 20.1 Å². The average molecular weight is 514 g/mol. The minimum atomic E-state index is -0.461. The van der Waals surface area contributed by atoms with Crippen molar-refractivity contribution in [2.24, 2.45) is 0 Å². The zero-order chi connectivity index (χ0) is 23.3. The number of esters is 1. The first-order valence-corrected chi connectivity index (χ1v) is 11.7. The zero-order valence-corrected chi connectivity index (χ0v) is 20.7. The van der Waals surface area contributed by atoms with Crippen molar-refractivity contribution in [2.75, 3.05) is 19.0 Å². The van der Waals surface area contributed by atoms with E-state index in [9.17, 15) is 9.59 Å². The minimum absolute atomic E-state index is 0.247. The fourth-order valence-electron chi connectivity index (χ4n) is 3.32.